The number of rotatable bonds is 3. The van der Waals surface area contributed by atoms with E-state index in [-0.39, 0.29) is 0 Å². The quantitative estimate of drug-likeness (QED) is 0.747. The van der Waals surface area contributed by atoms with Crippen LogP contribution in [-0.2, 0) is 0 Å². The van der Waals surface area contributed by atoms with Gasteiger partial charge < -0.3 is 4.74 Å². The van der Waals surface area contributed by atoms with Crippen molar-refractivity contribution in [3.8, 4) is 5.06 Å². The normalized spacial score (nSPS) is 19.5. The number of methoxy groups -OCH3 is 1. The molecule has 1 saturated carbocycles. The van der Waals surface area contributed by atoms with E-state index >= 15 is 0 Å². The van der Waals surface area contributed by atoms with E-state index in [0.717, 1.165) is 11.0 Å². The average Bonchev–Trinajstić information content (AvgIpc) is 2.48. The molecular weight excluding hydrogens is 248 g/mol. The Balaban J connectivity index is 2.05. The summed E-state index contributed by atoms with van der Waals surface area (Å²) in [4.78, 5) is 1.96. The Hall–Kier alpha value is -0.0200. The number of halogens is 1. The van der Waals surface area contributed by atoms with Gasteiger partial charge in [-0.05, 0) is 30.9 Å². The smallest absolute Gasteiger partial charge is 0.173 e. The Morgan fingerprint density at radius 3 is 2.77 bits per heavy atom. The highest BCUT2D eigenvalue weighted by molar-refractivity contribution is 9.09. The molecule has 1 aromatic rings. The van der Waals surface area contributed by atoms with Gasteiger partial charge in [0.05, 0.1) is 11.9 Å². The van der Waals surface area contributed by atoms with Crippen LogP contribution in [0.5, 0.6) is 5.06 Å². The summed E-state index contributed by atoms with van der Waals surface area (Å²) in [6.45, 7) is 0. The number of hydrogen-bond acceptors (Lipinski definition) is 2. The molecule has 1 aromatic heterocycles. The molecule has 1 fully saturated rings. The summed E-state index contributed by atoms with van der Waals surface area (Å²) in [5.74, 6) is 0.850. The Morgan fingerprint density at radius 1 is 1.54 bits per heavy atom. The zero-order chi connectivity index (χ0) is 9.26. The van der Waals surface area contributed by atoms with Crippen LogP contribution in [0.3, 0.4) is 0 Å². The fourth-order valence-corrected chi connectivity index (χ4v) is 3.41. The van der Waals surface area contributed by atoms with Crippen molar-refractivity contribution in [1.82, 2.24) is 0 Å². The van der Waals surface area contributed by atoms with Gasteiger partial charge in [0.15, 0.2) is 5.06 Å². The summed E-state index contributed by atoms with van der Waals surface area (Å²) in [5, 5.41) is 1.01. The van der Waals surface area contributed by atoms with E-state index in [1.54, 1.807) is 18.4 Å². The Labute approximate surface area is 91.2 Å². The van der Waals surface area contributed by atoms with E-state index in [4.69, 9.17) is 4.74 Å². The number of ether oxygens (including phenoxy) is 1. The van der Waals surface area contributed by atoms with Gasteiger partial charge in [-0.1, -0.05) is 22.4 Å². The van der Waals surface area contributed by atoms with Gasteiger partial charge >= 0.3 is 0 Å². The van der Waals surface area contributed by atoms with Crippen LogP contribution in [0.4, 0.5) is 0 Å². The van der Waals surface area contributed by atoms with Gasteiger partial charge in [0.1, 0.15) is 0 Å². The van der Waals surface area contributed by atoms with Crippen LogP contribution in [0.2, 0.25) is 0 Å². The highest BCUT2D eigenvalue weighted by Gasteiger charge is 2.27. The van der Waals surface area contributed by atoms with Crippen molar-refractivity contribution >= 4 is 27.3 Å². The standard InChI is InChI=1S/C10H13BrOS/c1-12-9-6-5-8(13-9)10(11)7-3-2-4-7/h5-7,10H,2-4H2,1H3. The predicted octanol–water partition coefficient (Wildman–Crippen LogP) is 3.99. The first kappa shape index (κ1) is 9.53. The fraction of sp³-hybridized carbons (Fsp3) is 0.600. The van der Waals surface area contributed by atoms with Crippen molar-refractivity contribution in [1.29, 1.82) is 0 Å². The van der Waals surface area contributed by atoms with Crippen LogP contribution in [-0.4, -0.2) is 7.11 Å². The molecule has 0 spiro atoms. The zero-order valence-corrected chi connectivity index (χ0v) is 10.0. The zero-order valence-electron chi connectivity index (χ0n) is 7.63. The van der Waals surface area contributed by atoms with Crippen LogP contribution in [0.25, 0.3) is 0 Å². The molecule has 72 valence electrons. The minimum atomic E-state index is 0.551. The molecule has 0 aliphatic heterocycles. The second kappa shape index (κ2) is 4.01. The van der Waals surface area contributed by atoms with Crippen molar-refractivity contribution in [2.75, 3.05) is 7.11 Å². The van der Waals surface area contributed by atoms with Crippen LogP contribution in [0.15, 0.2) is 12.1 Å². The highest BCUT2D eigenvalue weighted by Crippen LogP contribution is 2.46. The van der Waals surface area contributed by atoms with Gasteiger partial charge in [-0.2, -0.15) is 0 Å². The van der Waals surface area contributed by atoms with Crippen LogP contribution < -0.4 is 4.74 Å². The topological polar surface area (TPSA) is 9.23 Å². The van der Waals surface area contributed by atoms with E-state index in [0.29, 0.717) is 4.83 Å². The molecule has 3 heteroatoms. The first-order chi connectivity index (χ1) is 6.31. The third kappa shape index (κ3) is 1.91. The first-order valence-corrected chi connectivity index (χ1v) is 6.32. The summed E-state index contributed by atoms with van der Waals surface area (Å²) in [6, 6.07) is 4.22. The van der Waals surface area contributed by atoms with E-state index in [1.165, 1.54) is 24.1 Å². The van der Waals surface area contributed by atoms with Crippen molar-refractivity contribution in [3.05, 3.63) is 17.0 Å². The molecule has 1 nitrogen and oxygen atoms in total. The van der Waals surface area contributed by atoms with Gasteiger partial charge in [-0.15, -0.1) is 11.3 Å². The lowest BCUT2D eigenvalue weighted by atomic mass is 9.82. The lowest BCUT2D eigenvalue weighted by Crippen LogP contribution is -2.15. The Kier molecular flexibility index (Phi) is 2.94. The number of thiophene rings is 1. The second-order valence-corrected chi connectivity index (χ2v) is 5.52. The summed E-state index contributed by atoms with van der Waals surface area (Å²) in [5.41, 5.74) is 0. The molecule has 13 heavy (non-hydrogen) atoms. The van der Waals surface area contributed by atoms with E-state index in [1.807, 2.05) is 6.07 Å². The summed E-state index contributed by atoms with van der Waals surface area (Å²) >= 11 is 5.51. The van der Waals surface area contributed by atoms with Crippen molar-refractivity contribution < 1.29 is 4.74 Å². The van der Waals surface area contributed by atoms with Gasteiger partial charge in [0.25, 0.3) is 0 Å². The van der Waals surface area contributed by atoms with Gasteiger partial charge in [0, 0.05) is 4.88 Å². The average molecular weight is 261 g/mol. The minimum Gasteiger partial charge on any atom is -0.487 e. The third-order valence-electron chi connectivity index (χ3n) is 2.64. The molecule has 1 aliphatic carbocycles. The molecular formula is C10H13BrOS. The SMILES string of the molecule is COc1ccc(C(Br)C2CCC2)s1. The minimum absolute atomic E-state index is 0.551. The summed E-state index contributed by atoms with van der Waals surface area (Å²) < 4.78 is 5.17. The van der Waals surface area contributed by atoms with E-state index < -0.39 is 0 Å². The van der Waals surface area contributed by atoms with Crippen LogP contribution in [0.1, 0.15) is 29.0 Å². The van der Waals surface area contributed by atoms with Crippen LogP contribution in [0, 0.1) is 5.92 Å². The molecule has 0 aromatic carbocycles. The maximum atomic E-state index is 5.17. The predicted molar refractivity (Wildman–Crippen MR) is 59.9 cm³/mol. The largest absolute Gasteiger partial charge is 0.487 e. The lowest BCUT2D eigenvalue weighted by Gasteiger charge is -2.29. The molecule has 0 bridgehead atoms. The molecule has 0 N–H and O–H groups in total. The molecule has 1 aliphatic rings. The monoisotopic (exact) mass is 260 g/mol. The van der Waals surface area contributed by atoms with Crippen LogP contribution >= 0.6 is 27.3 Å². The maximum Gasteiger partial charge on any atom is 0.173 e. The van der Waals surface area contributed by atoms with E-state index in [9.17, 15) is 0 Å². The Morgan fingerprint density at radius 2 is 2.31 bits per heavy atom. The molecule has 1 atom stereocenters. The number of hydrogen-bond donors (Lipinski definition) is 0. The van der Waals surface area contributed by atoms with Gasteiger partial charge in [-0.3, -0.25) is 0 Å². The molecule has 0 radical (unpaired) electrons. The van der Waals surface area contributed by atoms with Crippen molar-refractivity contribution in [3.63, 3.8) is 0 Å². The first-order valence-electron chi connectivity index (χ1n) is 4.59. The summed E-state index contributed by atoms with van der Waals surface area (Å²) in [6.07, 6.45) is 4.14. The van der Waals surface area contributed by atoms with Gasteiger partial charge in [-0.25, -0.2) is 0 Å². The molecule has 0 saturated heterocycles. The Bertz CT molecular complexity index is 280. The third-order valence-corrected chi connectivity index (χ3v) is 5.31. The number of alkyl halides is 1. The molecule has 2 rings (SSSR count). The fourth-order valence-electron chi connectivity index (χ4n) is 1.56. The van der Waals surface area contributed by atoms with Crippen molar-refractivity contribution in [2.24, 2.45) is 5.92 Å². The van der Waals surface area contributed by atoms with E-state index in [2.05, 4.69) is 22.0 Å². The molecule has 1 unspecified atom stereocenters. The van der Waals surface area contributed by atoms with Crippen molar-refractivity contribution in [2.45, 2.75) is 24.1 Å². The van der Waals surface area contributed by atoms with Gasteiger partial charge in [0.2, 0.25) is 0 Å². The molecule has 1 heterocycles. The summed E-state index contributed by atoms with van der Waals surface area (Å²) in [7, 11) is 1.72. The lowest BCUT2D eigenvalue weighted by molar-refractivity contribution is 0.314. The maximum absolute atomic E-state index is 5.17. The highest BCUT2D eigenvalue weighted by atomic mass is 79.9. The molecule has 0 amide bonds. The second-order valence-electron chi connectivity index (χ2n) is 3.45.